The van der Waals surface area contributed by atoms with Gasteiger partial charge in [0, 0.05) is 11.1 Å². The van der Waals surface area contributed by atoms with Gasteiger partial charge in [-0.15, -0.1) is 40.8 Å². The van der Waals surface area contributed by atoms with Gasteiger partial charge in [0.2, 0.25) is 23.3 Å². The van der Waals surface area contributed by atoms with E-state index in [9.17, 15) is 0 Å². The van der Waals surface area contributed by atoms with Crippen molar-refractivity contribution in [3.05, 3.63) is 60.7 Å². The highest BCUT2D eigenvalue weighted by atomic mass is 15.3. The normalized spacial score (nSPS) is 10.5. The Bertz CT molecular complexity index is 844. The summed E-state index contributed by atoms with van der Waals surface area (Å²) < 4.78 is 0. The highest BCUT2D eigenvalue weighted by molar-refractivity contribution is 5.55. The lowest BCUT2D eigenvalue weighted by Crippen LogP contribution is -2.05. The van der Waals surface area contributed by atoms with Crippen molar-refractivity contribution in [2.75, 3.05) is 0 Å². The highest BCUT2D eigenvalue weighted by Gasteiger charge is 2.11. The maximum atomic E-state index is 4.05. The molecule has 0 fully saturated rings. The Balaban J connectivity index is 1.60. The molecule has 4 rings (SSSR count). The predicted octanol–water partition coefficient (Wildman–Crippen LogP) is 1.85. The number of hydrogen-bond donors (Lipinski definition) is 0. The molecule has 0 aliphatic heterocycles. The van der Waals surface area contributed by atoms with E-state index in [1.54, 1.807) is 0 Å². The van der Waals surface area contributed by atoms with Crippen molar-refractivity contribution in [3.63, 3.8) is 0 Å². The lowest BCUT2D eigenvalue weighted by Gasteiger charge is -2.00. The van der Waals surface area contributed by atoms with Crippen LogP contribution in [0, 0.1) is 0 Å². The first-order valence-electron chi connectivity index (χ1n) is 7.16. The zero-order chi connectivity index (χ0) is 16.2. The van der Waals surface area contributed by atoms with Crippen molar-refractivity contribution in [1.29, 1.82) is 0 Å². The summed E-state index contributed by atoms with van der Waals surface area (Å²) in [6.45, 7) is 0. The van der Waals surface area contributed by atoms with Gasteiger partial charge in [-0.05, 0) is 0 Å². The maximum Gasteiger partial charge on any atom is 0.244 e. The first kappa shape index (κ1) is 13.9. The van der Waals surface area contributed by atoms with E-state index in [-0.39, 0.29) is 11.6 Å². The number of nitrogens with zero attached hydrogens (tertiary/aromatic N) is 8. The summed E-state index contributed by atoms with van der Waals surface area (Å²) in [6, 6.07) is 18.9. The fourth-order valence-electron chi connectivity index (χ4n) is 2.04. The van der Waals surface area contributed by atoms with Crippen LogP contribution in [0.1, 0.15) is 0 Å². The van der Waals surface area contributed by atoms with Gasteiger partial charge < -0.3 is 0 Å². The molecule has 0 saturated heterocycles. The summed E-state index contributed by atoms with van der Waals surface area (Å²) in [5.41, 5.74) is 1.67. The topological polar surface area (TPSA) is 103 Å². The van der Waals surface area contributed by atoms with E-state index in [1.165, 1.54) is 0 Å². The lowest BCUT2D eigenvalue weighted by atomic mass is 10.2. The molecule has 0 bridgehead atoms. The van der Waals surface area contributed by atoms with Crippen LogP contribution in [0.2, 0.25) is 0 Å². The van der Waals surface area contributed by atoms with Crippen LogP contribution in [-0.4, -0.2) is 40.8 Å². The minimum atomic E-state index is 0.175. The number of hydrogen-bond acceptors (Lipinski definition) is 8. The second-order valence-electron chi connectivity index (χ2n) is 4.83. The summed E-state index contributed by atoms with van der Waals surface area (Å²) in [4.78, 5) is 0. The number of rotatable bonds is 3. The van der Waals surface area contributed by atoms with E-state index in [2.05, 4.69) is 40.8 Å². The molecule has 0 amide bonds. The maximum absolute atomic E-state index is 4.05. The van der Waals surface area contributed by atoms with Gasteiger partial charge in [0.15, 0.2) is 0 Å². The molecule has 2 aromatic heterocycles. The summed E-state index contributed by atoms with van der Waals surface area (Å²) in [7, 11) is 0. The molecule has 0 unspecified atom stereocenters. The molecule has 0 spiro atoms. The Morgan fingerprint density at radius 3 is 0.958 bits per heavy atom. The van der Waals surface area contributed by atoms with E-state index in [1.807, 2.05) is 60.7 Å². The zero-order valence-electron chi connectivity index (χ0n) is 12.4. The van der Waals surface area contributed by atoms with Gasteiger partial charge in [-0.25, -0.2) is 0 Å². The summed E-state index contributed by atoms with van der Waals surface area (Å²) in [5.74, 6) is 1.21. The van der Waals surface area contributed by atoms with Crippen molar-refractivity contribution in [2.45, 2.75) is 0 Å². The first-order chi connectivity index (χ1) is 11.9. The van der Waals surface area contributed by atoms with Gasteiger partial charge in [-0.2, -0.15) is 0 Å². The van der Waals surface area contributed by atoms with Crippen LogP contribution in [0.15, 0.2) is 60.7 Å². The third-order valence-electron chi connectivity index (χ3n) is 3.22. The molecule has 8 heteroatoms. The van der Waals surface area contributed by atoms with Gasteiger partial charge in [0.05, 0.1) is 0 Å². The van der Waals surface area contributed by atoms with E-state index in [4.69, 9.17) is 0 Å². The molecular formula is C16H10N8. The van der Waals surface area contributed by atoms with Crippen molar-refractivity contribution >= 4 is 0 Å². The fraction of sp³-hybridized carbons (Fsp3) is 0. The molecular weight excluding hydrogens is 304 g/mol. The van der Waals surface area contributed by atoms with E-state index in [0.717, 1.165) is 11.1 Å². The molecule has 114 valence electrons. The van der Waals surface area contributed by atoms with Gasteiger partial charge >= 0.3 is 0 Å². The second kappa shape index (κ2) is 6.21. The molecule has 8 nitrogen and oxygen atoms in total. The van der Waals surface area contributed by atoms with Gasteiger partial charge in [-0.1, -0.05) is 60.7 Å². The van der Waals surface area contributed by atoms with Crippen LogP contribution in [-0.2, 0) is 0 Å². The Kier molecular flexibility index (Phi) is 3.61. The van der Waals surface area contributed by atoms with Crippen LogP contribution in [0.5, 0.6) is 0 Å². The third-order valence-corrected chi connectivity index (χ3v) is 3.22. The zero-order valence-corrected chi connectivity index (χ0v) is 12.4. The summed E-state index contributed by atoms with van der Waals surface area (Å²) in [6.07, 6.45) is 0. The van der Waals surface area contributed by atoms with E-state index < -0.39 is 0 Å². The Morgan fingerprint density at radius 2 is 0.625 bits per heavy atom. The first-order valence-corrected chi connectivity index (χ1v) is 7.16. The monoisotopic (exact) mass is 314 g/mol. The van der Waals surface area contributed by atoms with Crippen LogP contribution >= 0.6 is 0 Å². The van der Waals surface area contributed by atoms with Crippen LogP contribution in [0.25, 0.3) is 34.4 Å². The lowest BCUT2D eigenvalue weighted by molar-refractivity contribution is 0.816. The van der Waals surface area contributed by atoms with Crippen molar-refractivity contribution in [1.82, 2.24) is 40.8 Å². The standard InChI is InChI=1S/C16H10N8/c1-3-7-11(8-4-1)13-17-21-15(22-18-13)16-23-19-14(20-24-16)12-9-5-2-6-10-12/h1-10H. The second-order valence-corrected chi connectivity index (χ2v) is 4.83. The van der Waals surface area contributed by atoms with Crippen LogP contribution in [0.3, 0.4) is 0 Å². The molecule has 24 heavy (non-hydrogen) atoms. The average molecular weight is 314 g/mol. The average Bonchev–Trinajstić information content (AvgIpc) is 2.70. The van der Waals surface area contributed by atoms with Crippen molar-refractivity contribution in [3.8, 4) is 34.4 Å². The number of benzene rings is 2. The Hall–Kier alpha value is -3.68. The van der Waals surface area contributed by atoms with Gasteiger partial charge in [-0.3, -0.25) is 0 Å². The Labute approximate surface area is 136 Å². The minimum absolute atomic E-state index is 0.175. The molecule has 0 saturated carbocycles. The van der Waals surface area contributed by atoms with Crippen LogP contribution in [0.4, 0.5) is 0 Å². The SMILES string of the molecule is c1ccc(-c2nnc(-c3nnc(-c4ccccc4)nn3)nn2)cc1. The smallest absolute Gasteiger partial charge is 0.126 e. The molecule has 4 aromatic rings. The Morgan fingerprint density at radius 1 is 0.333 bits per heavy atom. The van der Waals surface area contributed by atoms with Gasteiger partial charge in [0.1, 0.15) is 0 Å². The quantitative estimate of drug-likeness (QED) is 0.564. The molecule has 2 heterocycles. The highest BCUT2D eigenvalue weighted by Crippen LogP contribution is 2.14. The van der Waals surface area contributed by atoms with Gasteiger partial charge in [0.25, 0.3) is 0 Å². The molecule has 2 aromatic carbocycles. The molecule has 0 atom stereocenters. The van der Waals surface area contributed by atoms with E-state index >= 15 is 0 Å². The third kappa shape index (κ3) is 2.80. The molecule has 0 N–H and O–H groups in total. The predicted molar refractivity (Wildman–Crippen MR) is 85.1 cm³/mol. The van der Waals surface area contributed by atoms with Crippen molar-refractivity contribution < 1.29 is 0 Å². The van der Waals surface area contributed by atoms with E-state index in [0.29, 0.717) is 11.6 Å². The fourth-order valence-corrected chi connectivity index (χ4v) is 2.04. The molecule has 0 aliphatic carbocycles. The number of aromatic nitrogens is 8. The minimum Gasteiger partial charge on any atom is -0.126 e. The largest absolute Gasteiger partial charge is 0.244 e. The van der Waals surface area contributed by atoms with Crippen molar-refractivity contribution in [2.24, 2.45) is 0 Å². The summed E-state index contributed by atoms with van der Waals surface area (Å²) in [5, 5.41) is 32.2. The summed E-state index contributed by atoms with van der Waals surface area (Å²) >= 11 is 0. The van der Waals surface area contributed by atoms with Crippen LogP contribution < -0.4 is 0 Å². The molecule has 0 aliphatic rings. The molecule has 0 radical (unpaired) electrons.